The number of carbonyl (C=O) groups excluding carboxylic acids is 1. The molecule has 1 aliphatic heterocycles. The molecule has 5 nitrogen and oxygen atoms in total. The third kappa shape index (κ3) is 1.89. The number of carbonyl (C=O) groups is 2. The molecule has 2 aromatic carbocycles. The number of phenols is 1. The van der Waals surface area contributed by atoms with E-state index in [1.165, 1.54) is 18.2 Å². The summed E-state index contributed by atoms with van der Waals surface area (Å²) in [6, 6.07) is 10.8. The van der Waals surface area contributed by atoms with Crippen molar-refractivity contribution in [1.82, 2.24) is 0 Å². The maximum Gasteiger partial charge on any atom is 0.335 e. The van der Waals surface area contributed by atoms with Crippen molar-refractivity contribution in [3.63, 3.8) is 0 Å². The number of phenolic OH excluding ortho intramolecular Hbond substituents is 1. The van der Waals surface area contributed by atoms with Gasteiger partial charge in [-0.1, -0.05) is 0 Å². The molecule has 5 heteroatoms. The van der Waals surface area contributed by atoms with E-state index in [1.54, 1.807) is 29.2 Å². The third-order valence-corrected chi connectivity index (χ3v) is 3.32. The molecule has 0 atom stereocenters. The predicted octanol–water partition coefficient (Wildman–Crippen LogP) is 2.25. The van der Waals surface area contributed by atoms with Gasteiger partial charge in [-0.2, -0.15) is 0 Å². The summed E-state index contributed by atoms with van der Waals surface area (Å²) < 4.78 is 0. The number of fused-ring (bicyclic) bond motifs is 1. The van der Waals surface area contributed by atoms with Gasteiger partial charge in [0.25, 0.3) is 5.91 Å². The number of aromatic carboxylic acids is 1. The van der Waals surface area contributed by atoms with Crippen LogP contribution in [0.3, 0.4) is 0 Å². The van der Waals surface area contributed by atoms with Gasteiger partial charge < -0.3 is 15.1 Å². The second-order valence-corrected chi connectivity index (χ2v) is 4.58. The minimum absolute atomic E-state index is 0.125. The molecule has 0 saturated carbocycles. The van der Waals surface area contributed by atoms with Crippen molar-refractivity contribution < 1.29 is 19.8 Å². The molecule has 0 aliphatic carbocycles. The first-order chi connectivity index (χ1) is 9.56. The van der Waals surface area contributed by atoms with Gasteiger partial charge in [-0.25, -0.2) is 4.79 Å². The lowest BCUT2D eigenvalue weighted by atomic mass is 10.1. The van der Waals surface area contributed by atoms with Gasteiger partial charge in [0.1, 0.15) is 5.75 Å². The average Bonchev–Trinajstić information content (AvgIpc) is 2.75. The third-order valence-electron chi connectivity index (χ3n) is 3.32. The smallest absolute Gasteiger partial charge is 0.335 e. The van der Waals surface area contributed by atoms with Crippen LogP contribution in [0.15, 0.2) is 42.5 Å². The van der Waals surface area contributed by atoms with E-state index in [9.17, 15) is 14.7 Å². The van der Waals surface area contributed by atoms with Crippen LogP contribution in [-0.2, 0) is 6.54 Å². The van der Waals surface area contributed by atoms with Crippen LogP contribution in [-0.4, -0.2) is 22.1 Å². The van der Waals surface area contributed by atoms with Crippen LogP contribution in [0, 0.1) is 0 Å². The minimum Gasteiger partial charge on any atom is -0.508 e. The summed E-state index contributed by atoms with van der Waals surface area (Å²) in [6.07, 6.45) is 0. The highest BCUT2D eigenvalue weighted by Crippen LogP contribution is 2.30. The maximum absolute atomic E-state index is 12.3. The molecule has 0 unspecified atom stereocenters. The Morgan fingerprint density at radius 1 is 1.10 bits per heavy atom. The van der Waals surface area contributed by atoms with Crippen molar-refractivity contribution in [2.45, 2.75) is 6.54 Å². The zero-order valence-electron chi connectivity index (χ0n) is 10.4. The van der Waals surface area contributed by atoms with Crippen LogP contribution in [0.4, 0.5) is 5.69 Å². The van der Waals surface area contributed by atoms with E-state index in [0.717, 1.165) is 5.56 Å². The van der Waals surface area contributed by atoms with E-state index >= 15 is 0 Å². The Kier molecular flexibility index (Phi) is 2.68. The van der Waals surface area contributed by atoms with E-state index in [4.69, 9.17) is 5.11 Å². The number of hydrogen-bond acceptors (Lipinski definition) is 3. The lowest BCUT2D eigenvalue weighted by molar-refractivity contribution is 0.0696. The molecule has 0 aromatic heterocycles. The number of hydrogen-bond donors (Lipinski definition) is 2. The number of benzene rings is 2. The Labute approximate surface area is 114 Å². The molecule has 0 saturated heterocycles. The van der Waals surface area contributed by atoms with Crippen molar-refractivity contribution >= 4 is 17.6 Å². The van der Waals surface area contributed by atoms with Gasteiger partial charge in [-0.05, 0) is 48.0 Å². The summed E-state index contributed by atoms with van der Waals surface area (Å²) >= 11 is 0. The first kappa shape index (κ1) is 12.2. The Balaban J connectivity index is 1.93. The SMILES string of the molecule is O=C(O)c1ccc(N2Cc3cc(O)ccc3C2=O)cc1. The Bertz CT molecular complexity index is 706. The van der Waals surface area contributed by atoms with Crippen molar-refractivity contribution in [3.8, 4) is 5.75 Å². The van der Waals surface area contributed by atoms with Gasteiger partial charge in [-0.3, -0.25) is 4.79 Å². The monoisotopic (exact) mass is 269 g/mol. The van der Waals surface area contributed by atoms with Crippen LogP contribution >= 0.6 is 0 Å². The maximum atomic E-state index is 12.3. The first-order valence-corrected chi connectivity index (χ1v) is 6.03. The summed E-state index contributed by atoms with van der Waals surface area (Å²) in [7, 11) is 0. The fourth-order valence-electron chi connectivity index (χ4n) is 2.30. The Morgan fingerprint density at radius 3 is 2.45 bits per heavy atom. The number of rotatable bonds is 2. The minimum atomic E-state index is -1.00. The molecule has 0 fully saturated rings. The van der Waals surface area contributed by atoms with Gasteiger partial charge in [0, 0.05) is 11.3 Å². The fraction of sp³-hybridized carbons (Fsp3) is 0.0667. The number of carboxylic acids is 1. The molecule has 20 heavy (non-hydrogen) atoms. The van der Waals surface area contributed by atoms with Crippen LogP contribution in [0.1, 0.15) is 26.3 Å². The zero-order chi connectivity index (χ0) is 14.3. The van der Waals surface area contributed by atoms with Crippen LogP contribution in [0.25, 0.3) is 0 Å². The Morgan fingerprint density at radius 2 is 1.80 bits per heavy atom. The molecule has 2 aromatic rings. The van der Waals surface area contributed by atoms with E-state index in [2.05, 4.69) is 0 Å². The van der Waals surface area contributed by atoms with Gasteiger partial charge in [0.15, 0.2) is 0 Å². The van der Waals surface area contributed by atoms with Gasteiger partial charge in [-0.15, -0.1) is 0 Å². The van der Waals surface area contributed by atoms with Crippen molar-refractivity contribution in [2.75, 3.05) is 4.90 Å². The molecule has 1 amide bonds. The number of anilines is 1. The standard InChI is InChI=1S/C15H11NO4/c17-12-5-6-13-10(7-12)8-16(14(13)18)11-3-1-9(2-4-11)15(19)20/h1-7,17H,8H2,(H,19,20). The summed E-state index contributed by atoms with van der Waals surface area (Å²) in [5.74, 6) is -1.03. The molecule has 3 rings (SSSR count). The molecule has 1 aliphatic rings. The highest BCUT2D eigenvalue weighted by Gasteiger charge is 2.28. The first-order valence-electron chi connectivity index (χ1n) is 6.03. The van der Waals surface area contributed by atoms with E-state index in [-0.39, 0.29) is 17.2 Å². The summed E-state index contributed by atoms with van der Waals surface area (Å²) in [6.45, 7) is 0.370. The van der Waals surface area contributed by atoms with E-state index in [0.29, 0.717) is 17.8 Å². The predicted molar refractivity (Wildman–Crippen MR) is 72.0 cm³/mol. The zero-order valence-corrected chi connectivity index (χ0v) is 10.4. The molecule has 2 N–H and O–H groups in total. The highest BCUT2D eigenvalue weighted by molar-refractivity contribution is 6.10. The number of nitrogens with zero attached hydrogens (tertiary/aromatic N) is 1. The number of amides is 1. The molecule has 100 valence electrons. The molecule has 0 spiro atoms. The van der Waals surface area contributed by atoms with E-state index in [1.807, 2.05) is 0 Å². The summed E-state index contributed by atoms with van der Waals surface area (Å²) in [5, 5.41) is 18.3. The van der Waals surface area contributed by atoms with Crippen molar-refractivity contribution in [2.24, 2.45) is 0 Å². The average molecular weight is 269 g/mol. The second-order valence-electron chi connectivity index (χ2n) is 4.58. The van der Waals surface area contributed by atoms with Crippen LogP contribution < -0.4 is 4.90 Å². The lowest BCUT2D eigenvalue weighted by Gasteiger charge is -2.15. The second kappa shape index (κ2) is 4.38. The number of aromatic hydroxyl groups is 1. The largest absolute Gasteiger partial charge is 0.508 e. The van der Waals surface area contributed by atoms with Crippen LogP contribution in [0.5, 0.6) is 5.75 Å². The topological polar surface area (TPSA) is 77.8 Å². The fourth-order valence-corrected chi connectivity index (χ4v) is 2.30. The van der Waals surface area contributed by atoms with Crippen LogP contribution in [0.2, 0.25) is 0 Å². The van der Waals surface area contributed by atoms with Crippen molar-refractivity contribution in [3.05, 3.63) is 59.2 Å². The number of carboxylic acid groups (broad SMARTS) is 1. The molecule has 0 radical (unpaired) electrons. The Hall–Kier alpha value is -2.82. The molecule has 1 heterocycles. The quantitative estimate of drug-likeness (QED) is 0.876. The highest BCUT2D eigenvalue weighted by atomic mass is 16.4. The lowest BCUT2D eigenvalue weighted by Crippen LogP contribution is -2.22. The van der Waals surface area contributed by atoms with Gasteiger partial charge >= 0.3 is 5.97 Å². The van der Waals surface area contributed by atoms with Gasteiger partial charge in [0.2, 0.25) is 0 Å². The van der Waals surface area contributed by atoms with Gasteiger partial charge in [0.05, 0.1) is 12.1 Å². The molecular formula is C15H11NO4. The van der Waals surface area contributed by atoms with Crippen molar-refractivity contribution in [1.29, 1.82) is 0 Å². The summed E-state index contributed by atoms with van der Waals surface area (Å²) in [4.78, 5) is 24.6. The van der Waals surface area contributed by atoms with E-state index < -0.39 is 5.97 Å². The normalized spacial score (nSPS) is 13.4. The molecule has 0 bridgehead atoms. The summed E-state index contributed by atoms with van der Waals surface area (Å²) in [5.41, 5.74) is 2.13. The molecular weight excluding hydrogens is 258 g/mol.